The minimum absolute atomic E-state index is 0.783. The molecule has 4 nitrogen and oxygen atoms in total. The number of nitrogens with one attached hydrogen (secondary N) is 1. The summed E-state index contributed by atoms with van der Waals surface area (Å²) in [5, 5.41) is 4.14. The van der Waals surface area contributed by atoms with Gasteiger partial charge < -0.3 is 10.2 Å². The highest BCUT2D eigenvalue weighted by molar-refractivity contribution is 6.30. The zero-order valence-electron chi connectivity index (χ0n) is 11.9. The van der Waals surface area contributed by atoms with Gasteiger partial charge in [0.1, 0.15) is 5.82 Å². The lowest BCUT2D eigenvalue weighted by atomic mass is 10.1. The van der Waals surface area contributed by atoms with Gasteiger partial charge >= 0.3 is 0 Å². The molecular weight excluding hydrogens is 284 g/mol. The molecule has 1 N–H and O–H groups in total. The second-order valence-electron chi connectivity index (χ2n) is 5.24. The van der Waals surface area contributed by atoms with E-state index in [2.05, 4.69) is 26.3 Å². The fraction of sp³-hybridized carbons (Fsp3) is 0.375. The molecule has 1 fully saturated rings. The molecular formula is C16H19ClN4. The molecule has 1 saturated heterocycles. The van der Waals surface area contributed by atoms with E-state index in [4.69, 9.17) is 11.6 Å². The van der Waals surface area contributed by atoms with Gasteiger partial charge in [-0.1, -0.05) is 23.7 Å². The van der Waals surface area contributed by atoms with Crippen molar-refractivity contribution in [1.29, 1.82) is 0 Å². The van der Waals surface area contributed by atoms with Crippen LogP contribution in [0.5, 0.6) is 0 Å². The molecule has 1 aromatic carbocycles. The molecule has 0 bridgehead atoms. The van der Waals surface area contributed by atoms with Gasteiger partial charge in [0.15, 0.2) is 0 Å². The first-order valence-electron chi connectivity index (χ1n) is 7.37. The van der Waals surface area contributed by atoms with E-state index in [1.165, 1.54) is 18.4 Å². The fourth-order valence-corrected chi connectivity index (χ4v) is 2.76. The van der Waals surface area contributed by atoms with Crippen molar-refractivity contribution >= 4 is 23.4 Å². The number of hydrogen-bond donors (Lipinski definition) is 1. The van der Waals surface area contributed by atoms with Crippen LogP contribution >= 0.6 is 11.6 Å². The predicted octanol–water partition coefficient (Wildman–Crippen LogP) is 3.38. The second-order valence-corrected chi connectivity index (χ2v) is 5.68. The van der Waals surface area contributed by atoms with Crippen LogP contribution < -0.4 is 10.2 Å². The van der Waals surface area contributed by atoms with Crippen LogP contribution in [0.3, 0.4) is 0 Å². The van der Waals surface area contributed by atoms with E-state index in [1.807, 2.05) is 30.5 Å². The van der Waals surface area contributed by atoms with Crippen LogP contribution in [-0.4, -0.2) is 29.6 Å². The first-order valence-corrected chi connectivity index (χ1v) is 7.75. The van der Waals surface area contributed by atoms with Gasteiger partial charge in [0.05, 0.1) is 0 Å². The zero-order valence-corrected chi connectivity index (χ0v) is 12.7. The van der Waals surface area contributed by atoms with E-state index in [1.54, 1.807) is 0 Å². The molecule has 0 atom stereocenters. The molecule has 110 valence electrons. The summed E-state index contributed by atoms with van der Waals surface area (Å²) in [7, 11) is 0. The fourth-order valence-electron chi connectivity index (χ4n) is 2.54. The molecule has 1 aliphatic heterocycles. The summed E-state index contributed by atoms with van der Waals surface area (Å²) in [6.45, 7) is 2.95. The van der Waals surface area contributed by atoms with Crippen molar-refractivity contribution in [3.05, 3.63) is 47.1 Å². The van der Waals surface area contributed by atoms with Gasteiger partial charge in [-0.15, -0.1) is 0 Å². The van der Waals surface area contributed by atoms with Crippen molar-refractivity contribution < 1.29 is 0 Å². The van der Waals surface area contributed by atoms with Gasteiger partial charge in [0.2, 0.25) is 5.95 Å². The summed E-state index contributed by atoms with van der Waals surface area (Å²) in [6, 6.07) is 9.87. The molecule has 0 unspecified atom stereocenters. The molecule has 5 heteroatoms. The van der Waals surface area contributed by atoms with Crippen molar-refractivity contribution in [2.75, 3.05) is 29.9 Å². The van der Waals surface area contributed by atoms with Gasteiger partial charge in [-0.05, 0) is 43.0 Å². The maximum absolute atomic E-state index is 5.99. The van der Waals surface area contributed by atoms with E-state index >= 15 is 0 Å². The predicted molar refractivity (Wildman–Crippen MR) is 87.1 cm³/mol. The van der Waals surface area contributed by atoms with E-state index in [0.717, 1.165) is 42.8 Å². The Labute approximate surface area is 130 Å². The van der Waals surface area contributed by atoms with Crippen LogP contribution in [0.2, 0.25) is 5.02 Å². The van der Waals surface area contributed by atoms with Crippen molar-refractivity contribution in [3.63, 3.8) is 0 Å². The Balaban J connectivity index is 1.56. The highest BCUT2D eigenvalue weighted by atomic mass is 35.5. The Morgan fingerprint density at radius 1 is 1.19 bits per heavy atom. The van der Waals surface area contributed by atoms with Crippen LogP contribution in [0.15, 0.2) is 36.5 Å². The smallest absolute Gasteiger partial charge is 0.227 e. The maximum atomic E-state index is 5.99. The molecule has 0 aliphatic carbocycles. The van der Waals surface area contributed by atoms with Gasteiger partial charge in [-0.3, -0.25) is 0 Å². The summed E-state index contributed by atoms with van der Waals surface area (Å²) in [6.07, 6.45) is 5.21. The standard InChI is InChI=1S/C16H19ClN4/c17-14-5-3-4-13(12-14)6-8-18-15-7-9-19-16(20-15)21-10-1-2-11-21/h3-5,7,9,12H,1-2,6,8,10-11H2,(H,18,19,20). The van der Waals surface area contributed by atoms with E-state index in [0.29, 0.717) is 0 Å². The first-order chi connectivity index (χ1) is 10.3. The SMILES string of the molecule is Clc1cccc(CCNc2ccnc(N3CCCC3)n2)c1. The van der Waals surface area contributed by atoms with E-state index in [9.17, 15) is 0 Å². The summed E-state index contributed by atoms with van der Waals surface area (Å²) in [4.78, 5) is 11.2. The Kier molecular flexibility index (Phi) is 4.55. The van der Waals surface area contributed by atoms with Crippen LogP contribution in [0.1, 0.15) is 18.4 Å². The zero-order chi connectivity index (χ0) is 14.5. The van der Waals surface area contributed by atoms with Crippen LogP contribution in [0.4, 0.5) is 11.8 Å². The molecule has 3 rings (SSSR count). The monoisotopic (exact) mass is 302 g/mol. The highest BCUT2D eigenvalue weighted by Crippen LogP contribution is 2.17. The molecule has 1 aromatic heterocycles. The van der Waals surface area contributed by atoms with Gasteiger partial charge in [0, 0.05) is 30.9 Å². The highest BCUT2D eigenvalue weighted by Gasteiger charge is 2.14. The number of aromatic nitrogens is 2. The average molecular weight is 303 g/mol. The Morgan fingerprint density at radius 3 is 2.86 bits per heavy atom. The lowest BCUT2D eigenvalue weighted by molar-refractivity contribution is 0.894. The summed E-state index contributed by atoms with van der Waals surface area (Å²) < 4.78 is 0. The van der Waals surface area contributed by atoms with Crippen molar-refractivity contribution in [3.8, 4) is 0 Å². The number of nitrogens with zero attached hydrogens (tertiary/aromatic N) is 3. The molecule has 21 heavy (non-hydrogen) atoms. The first kappa shape index (κ1) is 14.1. The minimum Gasteiger partial charge on any atom is -0.370 e. The molecule has 0 spiro atoms. The molecule has 0 saturated carbocycles. The quantitative estimate of drug-likeness (QED) is 0.919. The lowest BCUT2D eigenvalue weighted by Gasteiger charge is -2.15. The molecule has 1 aliphatic rings. The van der Waals surface area contributed by atoms with Gasteiger partial charge in [0.25, 0.3) is 0 Å². The third-order valence-electron chi connectivity index (χ3n) is 3.64. The minimum atomic E-state index is 0.783. The van der Waals surface area contributed by atoms with Gasteiger partial charge in [-0.2, -0.15) is 4.98 Å². The molecule has 2 heterocycles. The molecule has 0 radical (unpaired) electrons. The van der Waals surface area contributed by atoms with Crippen molar-refractivity contribution in [1.82, 2.24) is 9.97 Å². The number of benzene rings is 1. The lowest BCUT2D eigenvalue weighted by Crippen LogP contribution is -2.20. The van der Waals surface area contributed by atoms with Crippen LogP contribution in [0, 0.1) is 0 Å². The van der Waals surface area contributed by atoms with Crippen molar-refractivity contribution in [2.24, 2.45) is 0 Å². The second kappa shape index (κ2) is 6.76. The van der Waals surface area contributed by atoms with Crippen LogP contribution in [-0.2, 0) is 6.42 Å². The number of halogens is 1. The average Bonchev–Trinajstić information content (AvgIpc) is 3.02. The molecule has 2 aromatic rings. The molecule has 0 amide bonds. The maximum Gasteiger partial charge on any atom is 0.227 e. The Morgan fingerprint density at radius 2 is 2.05 bits per heavy atom. The van der Waals surface area contributed by atoms with Crippen molar-refractivity contribution in [2.45, 2.75) is 19.3 Å². The normalized spacial score (nSPS) is 14.4. The largest absolute Gasteiger partial charge is 0.370 e. The summed E-state index contributed by atoms with van der Waals surface area (Å²) in [5.41, 5.74) is 1.23. The number of anilines is 2. The Hall–Kier alpha value is -1.81. The van der Waals surface area contributed by atoms with E-state index < -0.39 is 0 Å². The number of hydrogen-bond acceptors (Lipinski definition) is 4. The third kappa shape index (κ3) is 3.85. The topological polar surface area (TPSA) is 41.1 Å². The third-order valence-corrected chi connectivity index (χ3v) is 3.88. The van der Waals surface area contributed by atoms with Gasteiger partial charge in [-0.25, -0.2) is 4.98 Å². The Bertz CT molecular complexity index is 596. The van der Waals surface area contributed by atoms with Crippen LogP contribution in [0.25, 0.3) is 0 Å². The summed E-state index contributed by atoms with van der Waals surface area (Å²) in [5.74, 6) is 1.72. The summed E-state index contributed by atoms with van der Waals surface area (Å²) >= 11 is 5.99. The number of rotatable bonds is 5. The van der Waals surface area contributed by atoms with E-state index in [-0.39, 0.29) is 0 Å².